The van der Waals surface area contributed by atoms with Crippen molar-refractivity contribution in [3.05, 3.63) is 77.5 Å². The Labute approximate surface area is 163 Å². The zero-order valence-electron chi connectivity index (χ0n) is 15.8. The zero-order chi connectivity index (χ0) is 19.9. The minimum absolute atomic E-state index is 0.167. The third kappa shape index (κ3) is 4.97. The number of ether oxygens (including phenoxy) is 1. The van der Waals surface area contributed by atoms with Crippen molar-refractivity contribution in [2.24, 2.45) is 7.05 Å². The van der Waals surface area contributed by atoms with Crippen molar-refractivity contribution in [1.82, 2.24) is 15.1 Å². The Hall–Kier alpha value is -3.61. The van der Waals surface area contributed by atoms with Gasteiger partial charge < -0.3 is 15.4 Å². The number of anilines is 1. The molecule has 0 aliphatic carbocycles. The molecule has 0 aliphatic heterocycles. The van der Waals surface area contributed by atoms with Crippen LogP contribution in [0, 0.1) is 0 Å². The third-order valence-corrected chi connectivity index (χ3v) is 4.20. The second-order valence-electron chi connectivity index (χ2n) is 6.28. The summed E-state index contributed by atoms with van der Waals surface area (Å²) in [7, 11) is 3.28. The summed E-state index contributed by atoms with van der Waals surface area (Å²) in [5.74, 6) is 0.751. The molecular weight excluding hydrogens is 356 g/mol. The predicted molar refractivity (Wildman–Crippen MR) is 106 cm³/mol. The first kappa shape index (κ1) is 19.2. The summed E-state index contributed by atoms with van der Waals surface area (Å²) in [6.07, 6.45) is 0.255. The van der Waals surface area contributed by atoms with E-state index in [-0.39, 0.29) is 23.9 Å². The number of rotatable bonds is 7. The van der Waals surface area contributed by atoms with Crippen LogP contribution in [0.25, 0.3) is 0 Å². The van der Waals surface area contributed by atoms with Crippen molar-refractivity contribution in [3.63, 3.8) is 0 Å². The quantitative estimate of drug-likeness (QED) is 0.662. The van der Waals surface area contributed by atoms with Gasteiger partial charge in [-0.15, -0.1) is 0 Å². The fourth-order valence-electron chi connectivity index (χ4n) is 2.68. The summed E-state index contributed by atoms with van der Waals surface area (Å²) in [4.78, 5) is 24.6. The molecule has 1 aromatic heterocycles. The highest BCUT2D eigenvalue weighted by Crippen LogP contribution is 2.13. The van der Waals surface area contributed by atoms with E-state index in [1.165, 1.54) is 4.68 Å². The van der Waals surface area contributed by atoms with Gasteiger partial charge in [0.2, 0.25) is 5.91 Å². The SMILES string of the molecule is COc1ccc(CNC(=O)c2cc(NC(=O)Cc3ccccc3)n(C)n2)cc1. The Morgan fingerprint density at radius 2 is 1.75 bits per heavy atom. The topological polar surface area (TPSA) is 85.3 Å². The molecule has 3 rings (SSSR count). The van der Waals surface area contributed by atoms with Crippen LogP contribution in [0.4, 0.5) is 5.82 Å². The summed E-state index contributed by atoms with van der Waals surface area (Å²) in [6, 6.07) is 18.5. The van der Waals surface area contributed by atoms with E-state index in [2.05, 4.69) is 15.7 Å². The monoisotopic (exact) mass is 378 g/mol. The summed E-state index contributed by atoms with van der Waals surface area (Å²) < 4.78 is 6.59. The van der Waals surface area contributed by atoms with Gasteiger partial charge in [-0.05, 0) is 23.3 Å². The fourth-order valence-corrected chi connectivity index (χ4v) is 2.68. The highest BCUT2D eigenvalue weighted by Gasteiger charge is 2.14. The zero-order valence-corrected chi connectivity index (χ0v) is 15.8. The molecule has 7 nitrogen and oxygen atoms in total. The lowest BCUT2D eigenvalue weighted by Crippen LogP contribution is -2.23. The first-order valence-corrected chi connectivity index (χ1v) is 8.84. The number of aryl methyl sites for hydroxylation is 1. The largest absolute Gasteiger partial charge is 0.497 e. The molecule has 28 heavy (non-hydrogen) atoms. The Morgan fingerprint density at radius 1 is 1.04 bits per heavy atom. The van der Waals surface area contributed by atoms with Crippen LogP contribution >= 0.6 is 0 Å². The van der Waals surface area contributed by atoms with E-state index in [1.54, 1.807) is 20.2 Å². The van der Waals surface area contributed by atoms with Gasteiger partial charge >= 0.3 is 0 Å². The van der Waals surface area contributed by atoms with Crippen LogP contribution in [0.5, 0.6) is 5.75 Å². The van der Waals surface area contributed by atoms with Crippen LogP contribution < -0.4 is 15.4 Å². The van der Waals surface area contributed by atoms with Crippen molar-refractivity contribution in [1.29, 1.82) is 0 Å². The molecule has 7 heteroatoms. The van der Waals surface area contributed by atoms with Gasteiger partial charge in [0.1, 0.15) is 11.6 Å². The lowest BCUT2D eigenvalue weighted by atomic mass is 10.1. The van der Waals surface area contributed by atoms with Crippen molar-refractivity contribution in [2.75, 3.05) is 12.4 Å². The van der Waals surface area contributed by atoms with Gasteiger partial charge in [-0.25, -0.2) is 0 Å². The molecule has 0 bridgehead atoms. The van der Waals surface area contributed by atoms with Gasteiger partial charge in [0.25, 0.3) is 5.91 Å². The Morgan fingerprint density at radius 3 is 2.43 bits per heavy atom. The minimum atomic E-state index is -0.310. The lowest BCUT2D eigenvalue weighted by Gasteiger charge is -2.05. The average molecular weight is 378 g/mol. The fraction of sp³-hybridized carbons (Fsp3) is 0.190. The van der Waals surface area contributed by atoms with Crippen LogP contribution in [-0.4, -0.2) is 28.7 Å². The van der Waals surface area contributed by atoms with E-state index in [1.807, 2.05) is 54.6 Å². The van der Waals surface area contributed by atoms with Crippen molar-refractivity contribution in [3.8, 4) is 5.75 Å². The summed E-state index contributed by atoms with van der Waals surface area (Å²) in [6.45, 7) is 0.370. The molecule has 0 spiro atoms. The van der Waals surface area contributed by atoms with Crippen LogP contribution in [0.15, 0.2) is 60.7 Å². The van der Waals surface area contributed by atoms with Crippen LogP contribution in [-0.2, 0) is 24.8 Å². The van der Waals surface area contributed by atoms with E-state index in [9.17, 15) is 9.59 Å². The second kappa shape index (κ2) is 8.85. The van der Waals surface area contributed by atoms with Crippen LogP contribution in [0.1, 0.15) is 21.6 Å². The molecule has 1 heterocycles. The summed E-state index contributed by atoms with van der Waals surface area (Å²) in [5, 5.41) is 9.79. The molecule has 0 saturated carbocycles. The normalized spacial score (nSPS) is 10.4. The van der Waals surface area contributed by atoms with Crippen molar-refractivity contribution >= 4 is 17.6 Å². The number of hydrogen-bond acceptors (Lipinski definition) is 4. The minimum Gasteiger partial charge on any atom is -0.497 e. The number of methoxy groups -OCH3 is 1. The van der Waals surface area contributed by atoms with Crippen molar-refractivity contribution < 1.29 is 14.3 Å². The molecule has 0 fully saturated rings. The molecule has 0 radical (unpaired) electrons. The Kier molecular flexibility index (Phi) is 6.06. The smallest absolute Gasteiger partial charge is 0.272 e. The molecule has 2 N–H and O–H groups in total. The first-order chi connectivity index (χ1) is 13.5. The number of nitrogens with zero attached hydrogens (tertiary/aromatic N) is 2. The van der Waals surface area contributed by atoms with Gasteiger partial charge in [0.15, 0.2) is 5.69 Å². The highest BCUT2D eigenvalue weighted by molar-refractivity contribution is 5.95. The molecule has 0 aliphatic rings. The molecule has 144 valence electrons. The van der Waals surface area contributed by atoms with Crippen molar-refractivity contribution in [2.45, 2.75) is 13.0 Å². The summed E-state index contributed by atoms with van der Waals surface area (Å²) in [5.41, 5.74) is 2.10. The number of aromatic nitrogens is 2. The number of benzene rings is 2. The number of hydrogen-bond donors (Lipinski definition) is 2. The number of amides is 2. The Bertz CT molecular complexity index is 950. The molecule has 2 amide bonds. The molecule has 0 unspecified atom stereocenters. The van der Waals surface area contributed by atoms with Gasteiger partial charge in [0.05, 0.1) is 13.5 Å². The van der Waals surface area contributed by atoms with Gasteiger partial charge in [0, 0.05) is 19.7 Å². The molecule has 3 aromatic rings. The van der Waals surface area contributed by atoms with Gasteiger partial charge in [-0.3, -0.25) is 14.3 Å². The molecule has 0 atom stereocenters. The van der Waals surface area contributed by atoms with E-state index >= 15 is 0 Å². The average Bonchev–Trinajstić information content (AvgIpc) is 3.07. The second-order valence-corrected chi connectivity index (χ2v) is 6.28. The van der Waals surface area contributed by atoms with E-state index in [0.717, 1.165) is 16.9 Å². The van der Waals surface area contributed by atoms with Gasteiger partial charge in [-0.1, -0.05) is 42.5 Å². The standard InChI is InChI=1S/C21H22N4O3/c1-25-19(23-20(26)12-15-6-4-3-5-7-15)13-18(24-25)21(27)22-14-16-8-10-17(28-2)11-9-16/h3-11,13H,12,14H2,1-2H3,(H,22,27)(H,23,26). The number of carbonyl (C=O) groups excluding carboxylic acids is 2. The number of nitrogens with one attached hydrogen (secondary N) is 2. The highest BCUT2D eigenvalue weighted by atomic mass is 16.5. The van der Waals surface area contributed by atoms with Gasteiger partial charge in [-0.2, -0.15) is 5.10 Å². The summed E-state index contributed by atoms with van der Waals surface area (Å²) >= 11 is 0. The predicted octanol–water partition coefficient (Wildman–Crippen LogP) is 2.54. The lowest BCUT2D eigenvalue weighted by molar-refractivity contribution is -0.115. The molecule has 2 aromatic carbocycles. The Balaban J connectivity index is 1.57. The maximum Gasteiger partial charge on any atom is 0.272 e. The van der Waals surface area contributed by atoms with E-state index < -0.39 is 0 Å². The third-order valence-electron chi connectivity index (χ3n) is 4.20. The molecular formula is C21H22N4O3. The maximum absolute atomic E-state index is 12.4. The van der Waals surface area contributed by atoms with E-state index in [0.29, 0.717) is 12.4 Å². The maximum atomic E-state index is 12.4. The number of carbonyl (C=O) groups is 2. The van der Waals surface area contributed by atoms with Crippen LogP contribution in [0.3, 0.4) is 0 Å². The van der Waals surface area contributed by atoms with E-state index in [4.69, 9.17) is 4.74 Å². The molecule has 0 saturated heterocycles. The first-order valence-electron chi connectivity index (χ1n) is 8.84. The van der Waals surface area contributed by atoms with Crippen LogP contribution in [0.2, 0.25) is 0 Å².